The lowest BCUT2D eigenvalue weighted by atomic mass is 10.1. The molecule has 1 heterocycles. The number of hydrogen-bond donors (Lipinski definition) is 0. The summed E-state index contributed by atoms with van der Waals surface area (Å²) in [5, 5.41) is 0. The second-order valence-electron chi connectivity index (χ2n) is 4.38. The normalized spacial score (nSPS) is 12.2. The van der Waals surface area contributed by atoms with Gasteiger partial charge in [-0.3, -0.25) is 4.98 Å². The van der Waals surface area contributed by atoms with Crippen molar-refractivity contribution in [3.63, 3.8) is 0 Å². The summed E-state index contributed by atoms with van der Waals surface area (Å²) in [6.07, 6.45) is 2.73. The van der Waals surface area contributed by atoms with Crippen molar-refractivity contribution in [2.45, 2.75) is 18.2 Å². The van der Waals surface area contributed by atoms with Gasteiger partial charge in [-0.2, -0.15) is 0 Å². The molecule has 0 bridgehead atoms. The SMILES string of the molecule is COc1cc(Br)ccc1C(Br)Cc1ccc(C)cn1. The molecule has 100 valence electrons. The predicted molar refractivity (Wildman–Crippen MR) is 85.0 cm³/mol. The molecular weight excluding hydrogens is 370 g/mol. The maximum absolute atomic E-state index is 5.42. The molecule has 1 atom stereocenters. The molecule has 4 heteroatoms. The van der Waals surface area contributed by atoms with Crippen molar-refractivity contribution in [2.24, 2.45) is 0 Å². The number of benzene rings is 1. The third-order valence-electron chi connectivity index (χ3n) is 2.89. The monoisotopic (exact) mass is 383 g/mol. The molecule has 0 aliphatic rings. The zero-order valence-electron chi connectivity index (χ0n) is 10.9. The largest absolute Gasteiger partial charge is 0.496 e. The minimum Gasteiger partial charge on any atom is -0.496 e. The smallest absolute Gasteiger partial charge is 0.124 e. The molecular formula is C15H15Br2NO. The van der Waals surface area contributed by atoms with E-state index in [0.29, 0.717) is 0 Å². The number of hydrogen-bond acceptors (Lipinski definition) is 2. The van der Waals surface area contributed by atoms with E-state index in [1.54, 1.807) is 7.11 Å². The van der Waals surface area contributed by atoms with Crippen molar-refractivity contribution in [1.29, 1.82) is 0 Å². The second kappa shape index (κ2) is 6.53. The van der Waals surface area contributed by atoms with E-state index < -0.39 is 0 Å². The van der Waals surface area contributed by atoms with Crippen LogP contribution >= 0.6 is 31.9 Å². The zero-order valence-corrected chi connectivity index (χ0v) is 14.0. The molecule has 0 saturated carbocycles. The summed E-state index contributed by atoms with van der Waals surface area (Å²) < 4.78 is 6.44. The molecule has 19 heavy (non-hydrogen) atoms. The Bertz CT molecular complexity index is 555. The third kappa shape index (κ3) is 3.80. The van der Waals surface area contributed by atoms with Crippen LogP contribution in [0.5, 0.6) is 5.75 Å². The fraction of sp³-hybridized carbons (Fsp3) is 0.267. The minimum atomic E-state index is 0.186. The average Bonchev–Trinajstić information content (AvgIpc) is 2.41. The van der Waals surface area contributed by atoms with Crippen LogP contribution in [0.15, 0.2) is 41.0 Å². The van der Waals surface area contributed by atoms with Crippen molar-refractivity contribution in [2.75, 3.05) is 7.11 Å². The number of halogens is 2. The van der Waals surface area contributed by atoms with Crippen LogP contribution in [0.4, 0.5) is 0 Å². The van der Waals surface area contributed by atoms with E-state index in [4.69, 9.17) is 4.74 Å². The van der Waals surface area contributed by atoms with Gasteiger partial charge in [-0.25, -0.2) is 0 Å². The van der Waals surface area contributed by atoms with Gasteiger partial charge >= 0.3 is 0 Å². The van der Waals surface area contributed by atoms with Crippen LogP contribution in [0.1, 0.15) is 21.6 Å². The molecule has 0 amide bonds. The first-order valence-corrected chi connectivity index (χ1v) is 7.70. The van der Waals surface area contributed by atoms with Gasteiger partial charge in [-0.15, -0.1) is 0 Å². The average molecular weight is 385 g/mol. The number of methoxy groups -OCH3 is 1. The van der Waals surface area contributed by atoms with Gasteiger partial charge < -0.3 is 4.74 Å². The molecule has 0 N–H and O–H groups in total. The Morgan fingerprint density at radius 2 is 2.05 bits per heavy atom. The number of alkyl halides is 1. The topological polar surface area (TPSA) is 22.1 Å². The summed E-state index contributed by atoms with van der Waals surface area (Å²) in [7, 11) is 1.69. The van der Waals surface area contributed by atoms with E-state index in [-0.39, 0.29) is 4.83 Å². The maximum Gasteiger partial charge on any atom is 0.124 e. The molecule has 0 aliphatic heterocycles. The van der Waals surface area contributed by atoms with Gasteiger partial charge in [0.1, 0.15) is 5.75 Å². The maximum atomic E-state index is 5.42. The van der Waals surface area contributed by atoms with Crippen LogP contribution in [0.3, 0.4) is 0 Å². The highest BCUT2D eigenvalue weighted by Crippen LogP contribution is 2.35. The van der Waals surface area contributed by atoms with Crippen LogP contribution in [0, 0.1) is 6.92 Å². The summed E-state index contributed by atoms with van der Waals surface area (Å²) in [6.45, 7) is 2.04. The molecule has 1 unspecified atom stereocenters. The Balaban J connectivity index is 2.19. The Kier molecular flexibility index (Phi) is 4.99. The lowest BCUT2D eigenvalue weighted by Crippen LogP contribution is -2.00. The zero-order chi connectivity index (χ0) is 13.8. The summed E-state index contributed by atoms with van der Waals surface area (Å²) in [4.78, 5) is 4.62. The molecule has 0 fully saturated rings. The number of rotatable bonds is 4. The van der Waals surface area contributed by atoms with E-state index in [2.05, 4.69) is 55.0 Å². The van der Waals surface area contributed by atoms with Crippen LogP contribution in [-0.2, 0) is 6.42 Å². The lowest BCUT2D eigenvalue weighted by molar-refractivity contribution is 0.409. The molecule has 0 aliphatic carbocycles. The first-order chi connectivity index (χ1) is 9.10. The highest BCUT2D eigenvalue weighted by atomic mass is 79.9. The van der Waals surface area contributed by atoms with Gasteiger partial charge in [0.2, 0.25) is 0 Å². The Labute approximate surface area is 130 Å². The molecule has 0 radical (unpaired) electrons. The Morgan fingerprint density at radius 3 is 2.68 bits per heavy atom. The molecule has 1 aromatic heterocycles. The lowest BCUT2D eigenvalue weighted by Gasteiger charge is -2.14. The van der Waals surface area contributed by atoms with Gasteiger partial charge in [-0.05, 0) is 30.7 Å². The van der Waals surface area contributed by atoms with Gasteiger partial charge in [-0.1, -0.05) is 44.0 Å². The molecule has 2 nitrogen and oxygen atoms in total. The van der Waals surface area contributed by atoms with Crippen LogP contribution in [0.2, 0.25) is 0 Å². The fourth-order valence-electron chi connectivity index (χ4n) is 1.86. The van der Waals surface area contributed by atoms with Crippen LogP contribution in [0.25, 0.3) is 0 Å². The summed E-state index contributed by atoms with van der Waals surface area (Å²) >= 11 is 7.18. The second-order valence-corrected chi connectivity index (χ2v) is 6.41. The van der Waals surface area contributed by atoms with E-state index in [0.717, 1.165) is 27.9 Å². The quantitative estimate of drug-likeness (QED) is 0.703. The van der Waals surface area contributed by atoms with Gasteiger partial charge in [0.25, 0.3) is 0 Å². The van der Waals surface area contributed by atoms with Crippen LogP contribution in [-0.4, -0.2) is 12.1 Å². The number of nitrogens with zero attached hydrogens (tertiary/aromatic N) is 1. The summed E-state index contributed by atoms with van der Waals surface area (Å²) in [6, 6.07) is 10.2. The van der Waals surface area contributed by atoms with E-state index in [1.165, 1.54) is 5.56 Å². The van der Waals surface area contributed by atoms with Gasteiger partial charge in [0.05, 0.1) is 7.11 Å². The molecule has 1 aromatic carbocycles. The highest BCUT2D eigenvalue weighted by Gasteiger charge is 2.14. The minimum absolute atomic E-state index is 0.186. The summed E-state index contributed by atoms with van der Waals surface area (Å²) in [5.41, 5.74) is 3.38. The summed E-state index contributed by atoms with van der Waals surface area (Å²) in [5.74, 6) is 0.878. The van der Waals surface area contributed by atoms with Gasteiger partial charge in [0, 0.05) is 33.2 Å². The highest BCUT2D eigenvalue weighted by molar-refractivity contribution is 9.10. The van der Waals surface area contributed by atoms with Crippen molar-refractivity contribution in [3.05, 3.63) is 57.8 Å². The van der Waals surface area contributed by atoms with E-state index in [1.807, 2.05) is 25.3 Å². The number of pyridine rings is 1. The third-order valence-corrected chi connectivity index (χ3v) is 4.20. The number of aromatic nitrogens is 1. The number of ether oxygens (including phenoxy) is 1. The predicted octanol–water partition coefficient (Wildman–Crippen LogP) is 4.84. The van der Waals surface area contributed by atoms with Gasteiger partial charge in [0.15, 0.2) is 0 Å². The fourth-order valence-corrected chi connectivity index (χ4v) is 2.91. The van der Waals surface area contributed by atoms with Crippen LogP contribution < -0.4 is 4.74 Å². The van der Waals surface area contributed by atoms with Crippen molar-refractivity contribution in [1.82, 2.24) is 4.98 Å². The number of aryl methyl sites for hydroxylation is 1. The Hall–Kier alpha value is -0.870. The van der Waals surface area contributed by atoms with E-state index >= 15 is 0 Å². The van der Waals surface area contributed by atoms with Crippen molar-refractivity contribution < 1.29 is 4.74 Å². The molecule has 0 spiro atoms. The molecule has 0 saturated heterocycles. The standard InChI is InChI=1S/C15H15Br2NO/c1-10-3-5-12(18-9-10)8-14(17)13-6-4-11(16)7-15(13)19-2/h3-7,9,14H,8H2,1-2H3. The molecule has 2 rings (SSSR count). The Morgan fingerprint density at radius 1 is 1.26 bits per heavy atom. The van der Waals surface area contributed by atoms with Crippen molar-refractivity contribution in [3.8, 4) is 5.75 Å². The first-order valence-electron chi connectivity index (χ1n) is 5.99. The molecule has 2 aromatic rings. The van der Waals surface area contributed by atoms with Crippen molar-refractivity contribution >= 4 is 31.9 Å². The first kappa shape index (κ1) is 14.5. The van der Waals surface area contributed by atoms with E-state index in [9.17, 15) is 0 Å².